The van der Waals surface area contributed by atoms with Gasteiger partial charge in [0.15, 0.2) is 0 Å². The van der Waals surface area contributed by atoms with Crippen molar-refractivity contribution in [2.45, 2.75) is 58.1 Å². The van der Waals surface area contributed by atoms with Gasteiger partial charge in [0.1, 0.15) is 5.01 Å². The standard InChI is InChI=1S/C26H32N4O4S2/c1-7-33-24(31)28-18-10-8-17(9-11-18)22-15-27-23(35-22)20-13-12-19(29-25(32)34-16(2)3)14-21(20)36-30-26(4,5)6/h8-16,30H,7H2,1-6H3,(H,28,31)(H,29,32). The first kappa shape index (κ1) is 27.5. The van der Waals surface area contributed by atoms with Crippen LogP contribution in [0.25, 0.3) is 21.0 Å². The average molecular weight is 529 g/mol. The molecule has 0 radical (unpaired) electrons. The number of thiazole rings is 1. The van der Waals surface area contributed by atoms with Gasteiger partial charge < -0.3 is 9.47 Å². The fraction of sp³-hybridized carbons (Fsp3) is 0.346. The van der Waals surface area contributed by atoms with Crippen molar-refractivity contribution < 1.29 is 19.1 Å². The van der Waals surface area contributed by atoms with Gasteiger partial charge in [-0.1, -0.05) is 12.1 Å². The molecule has 2 amide bonds. The van der Waals surface area contributed by atoms with E-state index in [1.807, 2.05) is 62.5 Å². The smallest absolute Gasteiger partial charge is 0.411 e. The summed E-state index contributed by atoms with van der Waals surface area (Å²) in [6.45, 7) is 12.0. The van der Waals surface area contributed by atoms with Gasteiger partial charge in [-0.2, -0.15) is 0 Å². The molecule has 0 unspecified atom stereocenters. The molecule has 8 nitrogen and oxygen atoms in total. The molecule has 10 heteroatoms. The number of aromatic nitrogens is 1. The summed E-state index contributed by atoms with van der Waals surface area (Å²) < 4.78 is 13.6. The summed E-state index contributed by atoms with van der Waals surface area (Å²) in [5.74, 6) is 0. The van der Waals surface area contributed by atoms with Crippen LogP contribution in [0.15, 0.2) is 53.6 Å². The summed E-state index contributed by atoms with van der Waals surface area (Å²) in [7, 11) is 0. The van der Waals surface area contributed by atoms with E-state index in [-0.39, 0.29) is 11.6 Å². The molecule has 0 aliphatic carbocycles. The monoisotopic (exact) mass is 528 g/mol. The van der Waals surface area contributed by atoms with Gasteiger partial charge >= 0.3 is 12.2 Å². The molecule has 2 aromatic carbocycles. The van der Waals surface area contributed by atoms with Crippen molar-refractivity contribution in [1.82, 2.24) is 9.71 Å². The molecule has 3 N–H and O–H groups in total. The first-order valence-corrected chi connectivity index (χ1v) is 13.2. The molecular weight excluding hydrogens is 496 g/mol. The second-order valence-corrected chi connectivity index (χ2v) is 11.1. The van der Waals surface area contributed by atoms with Crippen molar-refractivity contribution >= 4 is 46.8 Å². The van der Waals surface area contributed by atoms with E-state index in [4.69, 9.17) is 9.47 Å². The number of carbonyl (C=O) groups excluding carboxylic acids is 2. The fourth-order valence-corrected chi connectivity index (χ4v) is 4.87. The molecule has 3 rings (SSSR count). The van der Waals surface area contributed by atoms with Crippen molar-refractivity contribution in [2.75, 3.05) is 17.2 Å². The van der Waals surface area contributed by atoms with Crippen LogP contribution < -0.4 is 15.4 Å². The van der Waals surface area contributed by atoms with Gasteiger partial charge in [0, 0.05) is 33.6 Å². The van der Waals surface area contributed by atoms with E-state index in [9.17, 15) is 9.59 Å². The van der Waals surface area contributed by atoms with E-state index < -0.39 is 12.2 Å². The maximum atomic E-state index is 12.1. The Labute approximate surface area is 220 Å². The Morgan fingerprint density at radius 3 is 2.33 bits per heavy atom. The second kappa shape index (κ2) is 12.2. The Morgan fingerprint density at radius 2 is 1.69 bits per heavy atom. The van der Waals surface area contributed by atoms with Gasteiger partial charge in [0.25, 0.3) is 0 Å². The highest BCUT2D eigenvalue weighted by molar-refractivity contribution is 7.97. The van der Waals surface area contributed by atoms with Crippen LogP contribution >= 0.6 is 23.3 Å². The highest BCUT2D eigenvalue weighted by Crippen LogP contribution is 2.38. The Hall–Kier alpha value is -3.08. The van der Waals surface area contributed by atoms with Crippen molar-refractivity contribution in [2.24, 2.45) is 0 Å². The number of nitrogens with one attached hydrogen (secondary N) is 3. The van der Waals surface area contributed by atoms with Crippen molar-refractivity contribution in [3.63, 3.8) is 0 Å². The number of hydrogen-bond acceptors (Lipinski definition) is 8. The third kappa shape index (κ3) is 8.25. The van der Waals surface area contributed by atoms with Gasteiger partial charge in [-0.25, -0.2) is 14.6 Å². The quantitative estimate of drug-likeness (QED) is 0.262. The molecule has 0 spiro atoms. The molecule has 0 saturated carbocycles. The van der Waals surface area contributed by atoms with Crippen LogP contribution in [0.5, 0.6) is 0 Å². The molecule has 36 heavy (non-hydrogen) atoms. The number of nitrogens with zero attached hydrogens (tertiary/aromatic N) is 1. The first-order valence-electron chi connectivity index (χ1n) is 11.6. The minimum atomic E-state index is -0.491. The molecule has 0 bridgehead atoms. The zero-order valence-corrected chi connectivity index (χ0v) is 22.9. The summed E-state index contributed by atoms with van der Waals surface area (Å²) >= 11 is 3.06. The van der Waals surface area contributed by atoms with E-state index in [0.29, 0.717) is 18.0 Å². The molecular formula is C26H32N4O4S2. The van der Waals surface area contributed by atoms with Crippen molar-refractivity contribution in [3.05, 3.63) is 48.7 Å². The molecule has 0 fully saturated rings. The normalized spacial score (nSPS) is 11.3. The third-order valence-corrected chi connectivity index (χ3v) is 6.82. The van der Waals surface area contributed by atoms with Gasteiger partial charge in [-0.05, 0) is 89.4 Å². The van der Waals surface area contributed by atoms with E-state index in [0.717, 1.165) is 25.9 Å². The van der Waals surface area contributed by atoms with E-state index in [1.54, 1.807) is 18.3 Å². The summed E-state index contributed by atoms with van der Waals surface area (Å²) in [5.41, 5.74) is 3.13. The van der Waals surface area contributed by atoms with E-state index in [1.165, 1.54) is 11.9 Å². The SMILES string of the molecule is CCOC(=O)Nc1ccc(-c2cnc(-c3ccc(NC(=O)OC(C)C)cc3SNC(C)(C)C)s2)cc1. The van der Waals surface area contributed by atoms with E-state index >= 15 is 0 Å². The average Bonchev–Trinajstić information content (AvgIpc) is 3.27. The van der Waals surface area contributed by atoms with E-state index in [2.05, 4.69) is 41.1 Å². The number of rotatable bonds is 8. The lowest BCUT2D eigenvalue weighted by Gasteiger charge is -2.20. The maximum Gasteiger partial charge on any atom is 0.411 e. The zero-order chi connectivity index (χ0) is 26.3. The van der Waals surface area contributed by atoms with Crippen LogP contribution in [0, 0.1) is 0 Å². The third-order valence-electron chi connectivity index (χ3n) is 4.47. The molecule has 0 aliphatic rings. The predicted octanol–water partition coefficient (Wildman–Crippen LogP) is 7.40. The van der Waals surface area contributed by atoms with Crippen LogP contribution in [-0.4, -0.2) is 35.4 Å². The fourth-order valence-electron chi connectivity index (χ4n) is 2.97. The number of carbonyl (C=O) groups is 2. The molecule has 1 heterocycles. The van der Waals surface area contributed by atoms with Gasteiger partial charge in [-0.3, -0.25) is 15.4 Å². The highest BCUT2D eigenvalue weighted by atomic mass is 32.2. The van der Waals surface area contributed by atoms with Crippen LogP contribution in [0.1, 0.15) is 41.5 Å². The summed E-state index contributed by atoms with van der Waals surface area (Å²) in [6.07, 6.45) is 0.667. The van der Waals surface area contributed by atoms with Gasteiger partial charge in [-0.15, -0.1) is 11.3 Å². The van der Waals surface area contributed by atoms with Gasteiger partial charge in [0.2, 0.25) is 0 Å². The van der Waals surface area contributed by atoms with Gasteiger partial charge in [0.05, 0.1) is 17.6 Å². The Morgan fingerprint density at radius 1 is 1.03 bits per heavy atom. The Balaban J connectivity index is 1.84. The number of ether oxygens (including phenoxy) is 2. The zero-order valence-electron chi connectivity index (χ0n) is 21.3. The lowest BCUT2D eigenvalue weighted by Crippen LogP contribution is -2.29. The molecule has 1 aromatic heterocycles. The van der Waals surface area contributed by atoms with Crippen LogP contribution in [0.3, 0.4) is 0 Å². The van der Waals surface area contributed by atoms with Crippen LogP contribution in [-0.2, 0) is 9.47 Å². The lowest BCUT2D eigenvalue weighted by molar-refractivity contribution is 0.130. The lowest BCUT2D eigenvalue weighted by atomic mass is 10.1. The van der Waals surface area contributed by atoms with Crippen molar-refractivity contribution in [3.8, 4) is 21.0 Å². The Bertz CT molecular complexity index is 1190. The van der Waals surface area contributed by atoms with Crippen molar-refractivity contribution in [1.29, 1.82) is 0 Å². The summed E-state index contributed by atoms with van der Waals surface area (Å²) in [6, 6.07) is 13.2. The minimum absolute atomic E-state index is 0.116. The first-order chi connectivity index (χ1) is 17.0. The predicted molar refractivity (Wildman–Crippen MR) is 148 cm³/mol. The number of benzene rings is 2. The molecule has 0 saturated heterocycles. The number of anilines is 2. The largest absolute Gasteiger partial charge is 0.450 e. The van der Waals surface area contributed by atoms with Crippen LogP contribution in [0.2, 0.25) is 0 Å². The Kier molecular flexibility index (Phi) is 9.36. The molecule has 192 valence electrons. The number of amides is 2. The topological polar surface area (TPSA) is 102 Å². The second-order valence-electron chi connectivity index (χ2n) is 9.20. The molecule has 3 aromatic rings. The minimum Gasteiger partial charge on any atom is -0.450 e. The number of hydrogen-bond donors (Lipinski definition) is 3. The maximum absolute atomic E-state index is 12.1. The molecule has 0 aliphatic heterocycles. The highest BCUT2D eigenvalue weighted by Gasteiger charge is 2.17. The van der Waals surface area contributed by atoms with Crippen LogP contribution in [0.4, 0.5) is 21.0 Å². The summed E-state index contributed by atoms with van der Waals surface area (Å²) in [5, 5.41) is 6.34. The molecule has 0 atom stereocenters. The summed E-state index contributed by atoms with van der Waals surface area (Å²) in [4.78, 5) is 30.3.